The molecule has 0 unspecified atom stereocenters. The van der Waals surface area contributed by atoms with Gasteiger partial charge in [-0.1, -0.05) is 37.5 Å². The summed E-state index contributed by atoms with van der Waals surface area (Å²) in [6, 6.07) is 3.64. The zero-order valence-corrected chi connectivity index (χ0v) is 13.6. The highest BCUT2D eigenvalue weighted by Crippen LogP contribution is 2.32. The van der Waals surface area contributed by atoms with E-state index < -0.39 is 11.7 Å². The molecule has 1 aromatic rings. The number of primary amides is 1. The molecule has 0 spiro atoms. The lowest BCUT2D eigenvalue weighted by Gasteiger charge is -2.09. The van der Waals surface area contributed by atoms with Crippen LogP contribution in [0.25, 0.3) is 0 Å². The van der Waals surface area contributed by atoms with Crippen LogP contribution in [0.5, 0.6) is 0 Å². The van der Waals surface area contributed by atoms with Gasteiger partial charge in [-0.2, -0.15) is 13.2 Å². The van der Waals surface area contributed by atoms with E-state index in [9.17, 15) is 18.0 Å². The van der Waals surface area contributed by atoms with E-state index in [2.05, 4.69) is 11.8 Å². The minimum absolute atomic E-state index is 0.0387. The largest absolute Gasteiger partial charge is 0.417 e. The molecule has 0 aliphatic rings. The van der Waals surface area contributed by atoms with Gasteiger partial charge < -0.3 is 11.5 Å². The lowest BCUT2D eigenvalue weighted by molar-refractivity contribution is -0.137. The zero-order chi connectivity index (χ0) is 18.0. The summed E-state index contributed by atoms with van der Waals surface area (Å²) in [5.74, 6) is 5.12. The van der Waals surface area contributed by atoms with Crippen molar-refractivity contribution in [2.45, 2.75) is 57.5 Å². The van der Waals surface area contributed by atoms with Gasteiger partial charge in [-0.3, -0.25) is 4.79 Å². The maximum Gasteiger partial charge on any atom is 0.417 e. The molecule has 4 N–H and O–H groups in total. The average molecular weight is 340 g/mol. The fourth-order valence-electron chi connectivity index (χ4n) is 2.28. The van der Waals surface area contributed by atoms with Crippen LogP contribution in [-0.2, 0) is 11.0 Å². The molecule has 0 aliphatic carbocycles. The first-order chi connectivity index (χ1) is 11.3. The van der Waals surface area contributed by atoms with Gasteiger partial charge in [-0.05, 0) is 31.0 Å². The molecule has 0 saturated carbocycles. The smallest absolute Gasteiger partial charge is 0.399 e. The van der Waals surface area contributed by atoms with Crippen LogP contribution in [0.4, 0.5) is 18.9 Å². The summed E-state index contributed by atoms with van der Waals surface area (Å²) >= 11 is 0. The second kappa shape index (κ2) is 9.86. The van der Waals surface area contributed by atoms with Gasteiger partial charge in [0.1, 0.15) is 0 Å². The highest BCUT2D eigenvalue weighted by atomic mass is 19.4. The number of alkyl halides is 3. The van der Waals surface area contributed by atoms with Crippen LogP contribution in [0.1, 0.15) is 62.5 Å². The summed E-state index contributed by atoms with van der Waals surface area (Å²) in [5, 5.41) is 0. The van der Waals surface area contributed by atoms with Crippen LogP contribution >= 0.6 is 0 Å². The molecule has 0 radical (unpaired) electrons. The zero-order valence-electron chi connectivity index (χ0n) is 13.6. The summed E-state index contributed by atoms with van der Waals surface area (Å²) < 4.78 is 38.7. The number of benzene rings is 1. The number of nitrogens with two attached hydrogens (primary N) is 2. The van der Waals surface area contributed by atoms with E-state index in [1.165, 1.54) is 12.1 Å². The maximum atomic E-state index is 12.9. The fourth-order valence-corrected chi connectivity index (χ4v) is 2.28. The van der Waals surface area contributed by atoms with Crippen LogP contribution in [0.2, 0.25) is 0 Å². The molecule has 0 saturated heterocycles. The molecular weight excluding hydrogens is 317 g/mol. The van der Waals surface area contributed by atoms with Crippen LogP contribution < -0.4 is 11.5 Å². The van der Waals surface area contributed by atoms with E-state index in [-0.39, 0.29) is 17.2 Å². The molecule has 1 rings (SSSR count). The van der Waals surface area contributed by atoms with Gasteiger partial charge in [0.15, 0.2) is 0 Å². The van der Waals surface area contributed by atoms with Crippen molar-refractivity contribution in [1.82, 2.24) is 0 Å². The Kier molecular flexibility index (Phi) is 8.17. The van der Waals surface area contributed by atoms with Gasteiger partial charge in [-0.15, -0.1) is 0 Å². The number of rotatable bonds is 8. The molecule has 3 nitrogen and oxygen atoms in total. The molecule has 24 heavy (non-hydrogen) atoms. The molecule has 0 aliphatic heterocycles. The monoisotopic (exact) mass is 340 g/mol. The minimum atomic E-state index is -4.45. The summed E-state index contributed by atoms with van der Waals surface area (Å²) in [4.78, 5) is 10.6. The Morgan fingerprint density at radius 2 is 1.67 bits per heavy atom. The third-order valence-electron chi connectivity index (χ3n) is 3.55. The van der Waals surface area contributed by atoms with E-state index in [0.717, 1.165) is 44.6 Å². The van der Waals surface area contributed by atoms with Crippen molar-refractivity contribution in [2.75, 3.05) is 5.73 Å². The van der Waals surface area contributed by atoms with E-state index in [1.807, 2.05) is 0 Å². The first kappa shape index (κ1) is 19.9. The predicted molar refractivity (Wildman–Crippen MR) is 88.9 cm³/mol. The molecule has 0 aromatic heterocycles. The Bertz CT molecular complexity index is 601. The van der Waals surface area contributed by atoms with Crippen LogP contribution in [0.3, 0.4) is 0 Å². The lowest BCUT2D eigenvalue weighted by Crippen LogP contribution is -2.09. The molecule has 0 bridgehead atoms. The SMILES string of the molecule is NC(=O)CCCCCCCCC#Cc1ccc(N)cc1C(F)(F)F. The fraction of sp³-hybridized carbons (Fsp3) is 0.500. The van der Waals surface area contributed by atoms with Gasteiger partial charge in [0, 0.05) is 24.1 Å². The number of carbonyl (C=O) groups excluding carboxylic acids is 1. The predicted octanol–water partition coefficient (Wildman–Crippen LogP) is 4.25. The van der Waals surface area contributed by atoms with Crippen molar-refractivity contribution in [1.29, 1.82) is 0 Å². The normalized spacial score (nSPS) is 11.0. The third kappa shape index (κ3) is 7.91. The van der Waals surface area contributed by atoms with Gasteiger partial charge >= 0.3 is 6.18 Å². The summed E-state index contributed by atoms with van der Waals surface area (Å²) in [5.41, 5.74) is 9.71. The first-order valence-electron chi connectivity index (χ1n) is 8.04. The Hall–Kier alpha value is -2.16. The second-order valence-electron chi connectivity index (χ2n) is 5.69. The summed E-state index contributed by atoms with van der Waals surface area (Å²) in [6.07, 6.45) is 2.18. The Labute approximate surface area is 140 Å². The van der Waals surface area contributed by atoms with E-state index in [1.54, 1.807) is 0 Å². The van der Waals surface area contributed by atoms with Gasteiger partial charge in [0.25, 0.3) is 0 Å². The first-order valence-corrected chi connectivity index (χ1v) is 8.04. The molecule has 0 heterocycles. The number of unbranched alkanes of at least 4 members (excludes halogenated alkanes) is 6. The highest BCUT2D eigenvalue weighted by molar-refractivity contribution is 5.73. The van der Waals surface area contributed by atoms with E-state index in [4.69, 9.17) is 11.5 Å². The molecule has 0 atom stereocenters. The van der Waals surface area contributed by atoms with E-state index in [0.29, 0.717) is 12.8 Å². The molecule has 0 fully saturated rings. The van der Waals surface area contributed by atoms with Crippen LogP contribution in [0, 0.1) is 11.8 Å². The number of hydrogen-bond donors (Lipinski definition) is 2. The van der Waals surface area contributed by atoms with Gasteiger partial charge in [-0.25, -0.2) is 0 Å². The van der Waals surface area contributed by atoms with Crippen LogP contribution in [0.15, 0.2) is 18.2 Å². The Morgan fingerprint density at radius 1 is 1.04 bits per heavy atom. The number of anilines is 1. The molecule has 132 valence electrons. The maximum absolute atomic E-state index is 12.9. The number of halogens is 3. The minimum Gasteiger partial charge on any atom is -0.399 e. The molecular formula is C18H23F3N2O. The molecule has 6 heteroatoms. The van der Waals surface area contributed by atoms with Gasteiger partial charge in [0.2, 0.25) is 5.91 Å². The van der Waals surface area contributed by atoms with Crippen molar-refractivity contribution >= 4 is 11.6 Å². The quantitative estimate of drug-likeness (QED) is 0.422. The van der Waals surface area contributed by atoms with Crippen molar-refractivity contribution < 1.29 is 18.0 Å². The number of nitrogen functional groups attached to an aromatic ring is 1. The van der Waals surface area contributed by atoms with Crippen molar-refractivity contribution in [2.24, 2.45) is 5.73 Å². The number of amides is 1. The number of hydrogen-bond acceptors (Lipinski definition) is 2. The Balaban J connectivity index is 2.34. The van der Waals surface area contributed by atoms with E-state index >= 15 is 0 Å². The molecule has 1 aromatic carbocycles. The standard InChI is InChI=1S/C18H23F3N2O/c19-18(20,21)16-13-15(22)12-11-14(16)9-7-5-3-1-2-4-6-8-10-17(23)24/h11-13H,1-6,8,10,22H2,(H2,23,24). The average Bonchev–Trinajstić information content (AvgIpc) is 2.49. The summed E-state index contributed by atoms with van der Waals surface area (Å²) in [7, 11) is 0. The van der Waals surface area contributed by atoms with Crippen molar-refractivity contribution in [3.63, 3.8) is 0 Å². The summed E-state index contributed by atoms with van der Waals surface area (Å²) in [6.45, 7) is 0. The van der Waals surface area contributed by atoms with Crippen LogP contribution in [-0.4, -0.2) is 5.91 Å². The lowest BCUT2D eigenvalue weighted by atomic mass is 10.1. The molecule has 1 amide bonds. The topological polar surface area (TPSA) is 69.1 Å². The van der Waals surface area contributed by atoms with Crippen molar-refractivity contribution in [3.05, 3.63) is 29.3 Å². The second-order valence-corrected chi connectivity index (χ2v) is 5.69. The van der Waals surface area contributed by atoms with Gasteiger partial charge in [0.05, 0.1) is 5.56 Å². The van der Waals surface area contributed by atoms with Crippen molar-refractivity contribution in [3.8, 4) is 11.8 Å². The highest BCUT2D eigenvalue weighted by Gasteiger charge is 2.33. The Morgan fingerprint density at radius 3 is 2.29 bits per heavy atom. The third-order valence-corrected chi connectivity index (χ3v) is 3.55. The number of carbonyl (C=O) groups is 1.